The highest BCUT2D eigenvalue weighted by molar-refractivity contribution is 7.39. The number of hydrogen-bond acceptors (Lipinski definition) is 13. The first-order chi connectivity index (χ1) is 28.4. The van der Waals surface area contributed by atoms with E-state index in [4.69, 9.17) is 28.4 Å². The van der Waals surface area contributed by atoms with Gasteiger partial charge >= 0.3 is 8.60 Å². The van der Waals surface area contributed by atoms with Crippen molar-refractivity contribution in [3.8, 4) is 39.8 Å². The lowest BCUT2D eigenvalue weighted by Gasteiger charge is -2.30. The highest BCUT2D eigenvalue weighted by atomic mass is 31.2. The van der Waals surface area contributed by atoms with Gasteiger partial charge in [0.25, 0.3) is 5.91 Å². The largest absolute Gasteiger partial charge is 0.469 e. The van der Waals surface area contributed by atoms with Crippen LogP contribution in [0.4, 0.5) is 5.69 Å². The number of carbonyl (C=O) groups excluding carboxylic acids is 2. The molecule has 59 heavy (non-hydrogen) atoms. The van der Waals surface area contributed by atoms with Crippen LogP contribution in [0.1, 0.15) is 74.9 Å². The van der Waals surface area contributed by atoms with Crippen molar-refractivity contribution in [2.45, 2.75) is 83.0 Å². The molecule has 2 amide bonds. The summed E-state index contributed by atoms with van der Waals surface area (Å²) >= 11 is 0. The van der Waals surface area contributed by atoms with Crippen molar-refractivity contribution in [3.63, 3.8) is 0 Å². The van der Waals surface area contributed by atoms with Crippen molar-refractivity contribution >= 4 is 37.0 Å². The number of aliphatic hydroxyl groups is 1. The summed E-state index contributed by atoms with van der Waals surface area (Å²) in [5.74, 6) is 0.497. The Hall–Kier alpha value is -5.61. The van der Waals surface area contributed by atoms with Crippen molar-refractivity contribution in [2.75, 3.05) is 5.32 Å². The van der Waals surface area contributed by atoms with Crippen LogP contribution < -0.4 is 20.7 Å². The van der Waals surface area contributed by atoms with Crippen molar-refractivity contribution in [3.05, 3.63) is 95.3 Å². The summed E-state index contributed by atoms with van der Waals surface area (Å²) in [5, 5.41) is 21.7. The Kier molecular flexibility index (Phi) is 8.76. The molecule has 4 atom stereocenters. The molecule has 6 aromatic rings. The molecule has 7 heterocycles. The van der Waals surface area contributed by atoms with E-state index in [1.807, 2.05) is 74.6 Å². The standard InChI is InChI=1S/C42H41N6O10P/c1-5-41(51,6-2)39(50)44-27-16-21-13-14-29-26(15-21)42-25-11-7-10-23(33(25)47-40(42)56-29)22-9-8-12-28-31(22)24(18-48(28)19-54-58-59(52)53)30-17-43-37(55-30)34-35(42)57-38(46-34)32(20(3)4)45-36(27)49/h7-15,17-18,20,27,32,40,47,51-53H,5-6,16,19H2,1-4H3,(H,44,50)(H,45,49)/t27-,32?,40?,42?/m0/s1. The summed E-state index contributed by atoms with van der Waals surface area (Å²) in [6.45, 7) is 7.19. The second-order valence-corrected chi connectivity index (χ2v) is 16.4. The van der Waals surface area contributed by atoms with Gasteiger partial charge in [0.15, 0.2) is 30.2 Å². The van der Waals surface area contributed by atoms with Gasteiger partial charge in [0.05, 0.1) is 11.7 Å². The van der Waals surface area contributed by atoms with Gasteiger partial charge in [-0.15, -0.1) is 0 Å². The van der Waals surface area contributed by atoms with Crippen LogP contribution in [-0.4, -0.2) is 59.1 Å². The average Bonchev–Trinajstić information content (AvgIpc) is 4.05. The second kappa shape index (κ2) is 13.7. The van der Waals surface area contributed by atoms with Crippen LogP contribution in [0, 0.1) is 5.92 Å². The molecular weight excluding hydrogens is 779 g/mol. The molecule has 0 saturated heterocycles. The smallest absolute Gasteiger partial charge is 0.357 e. The number of oxazole rings is 2. The fraction of sp³-hybridized carbons (Fsp3) is 0.333. The predicted molar refractivity (Wildman–Crippen MR) is 213 cm³/mol. The Morgan fingerprint density at radius 2 is 1.86 bits per heavy atom. The number of amides is 2. The van der Waals surface area contributed by atoms with Crippen molar-refractivity contribution in [1.82, 2.24) is 25.2 Å². The molecular formula is C42H41N6O10P. The second-order valence-electron chi connectivity index (χ2n) is 15.8. The number of ether oxygens (including phenoxy) is 1. The monoisotopic (exact) mass is 820 g/mol. The number of anilines is 1. The number of nitrogens with zero attached hydrogens (tertiary/aromatic N) is 3. The first-order valence-corrected chi connectivity index (χ1v) is 20.7. The van der Waals surface area contributed by atoms with Gasteiger partial charge in [-0.25, -0.2) is 14.9 Å². The summed E-state index contributed by atoms with van der Waals surface area (Å²) < 4.78 is 27.0. The van der Waals surface area contributed by atoms with Crippen molar-refractivity contribution in [1.29, 1.82) is 0 Å². The molecule has 10 rings (SSSR count). The molecule has 0 aliphatic carbocycles. The topological polar surface area (TPSA) is 216 Å². The van der Waals surface area contributed by atoms with Crippen LogP contribution in [0.3, 0.4) is 0 Å². The number of benzene rings is 3. The van der Waals surface area contributed by atoms with Crippen LogP contribution in [-0.2, 0) is 37.7 Å². The summed E-state index contributed by atoms with van der Waals surface area (Å²) in [6.07, 6.45) is 3.20. The summed E-state index contributed by atoms with van der Waals surface area (Å²) in [4.78, 5) is 61.7. The van der Waals surface area contributed by atoms with Crippen LogP contribution >= 0.6 is 8.60 Å². The lowest BCUT2D eigenvalue weighted by Crippen LogP contribution is -2.55. The van der Waals surface area contributed by atoms with E-state index in [1.165, 1.54) is 0 Å². The Labute approximate surface area is 338 Å². The quantitative estimate of drug-likeness (QED) is 0.0567. The normalized spacial score (nSPS) is 21.1. The highest BCUT2D eigenvalue weighted by Crippen LogP contribution is 2.61. The summed E-state index contributed by atoms with van der Waals surface area (Å²) in [6, 6.07) is 15.9. The van der Waals surface area contributed by atoms with E-state index < -0.39 is 49.7 Å². The van der Waals surface area contributed by atoms with Crippen molar-refractivity contribution < 1.29 is 47.6 Å². The number of carbonyl (C=O) groups is 2. The van der Waals surface area contributed by atoms with E-state index in [0.29, 0.717) is 28.5 Å². The Balaban J connectivity index is 1.24. The van der Waals surface area contributed by atoms with Gasteiger partial charge in [0.2, 0.25) is 17.7 Å². The van der Waals surface area contributed by atoms with Gasteiger partial charge < -0.3 is 49.0 Å². The molecule has 4 aliphatic rings. The van der Waals surface area contributed by atoms with Crippen molar-refractivity contribution in [2.24, 2.45) is 5.92 Å². The molecule has 3 aromatic heterocycles. The predicted octanol–water partition coefficient (Wildman–Crippen LogP) is 5.93. The van der Waals surface area contributed by atoms with Crippen LogP contribution in [0.5, 0.6) is 5.75 Å². The van der Waals surface area contributed by atoms with Gasteiger partial charge in [-0.2, -0.15) is 4.67 Å². The molecule has 10 bridgehead atoms. The number of fused-ring (bicyclic) bond motifs is 7. The zero-order valence-electron chi connectivity index (χ0n) is 32.5. The molecule has 4 aliphatic heterocycles. The maximum atomic E-state index is 14.3. The van der Waals surface area contributed by atoms with E-state index in [9.17, 15) is 24.5 Å². The van der Waals surface area contributed by atoms with Crippen LogP contribution in [0.2, 0.25) is 0 Å². The Morgan fingerprint density at radius 1 is 1.07 bits per heavy atom. The fourth-order valence-electron chi connectivity index (χ4n) is 9.12. The summed E-state index contributed by atoms with van der Waals surface area (Å²) in [7, 11) is -2.74. The van der Waals surface area contributed by atoms with Gasteiger partial charge in [0, 0.05) is 45.9 Å². The number of hydrogen-bond donors (Lipinski definition) is 6. The minimum atomic E-state index is -2.74. The molecule has 17 heteroatoms. The third-order valence-corrected chi connectivity index (χ3v) is 12.5. The average molecular weight is 821 g/mol. The van der Waals surface area contributed by atoms with Gasteiger partial charge in [0.1, 0.15) is 28.8 Å². The molecule has 0 radical (unpaired) electrons. The van der Waals surface area contributed by atoms with E-state index in [-0.39, 0.29) is 43.7 Å². The van der Waals surface area contributed by atoms with Gasteiger partial charge in [-0.05, 0) is 42.0 Å². The van der Waals surface area contributed by atoms with E-state index in [0.717, 1.165) is 44.4 Å². The number of nitrogens with one attached hydrogen (secondary N) is 3. The van der Waals surface area contributed by atoms with E-state index in [1.54, 1.807) is 24.6 Å². The lowest BCUT2D eigenvalue weighted by atomic mass is 9.72. The first kappa shape index (κ1) is 37.6. The minimum absolute atomic E-state index is 0.122. The molecule has 6 N–H and O–H groups in total. The molecule has 3 unspecified atom stereocenters. The van der Waals surface area contributed by atoms with Gasteiger partial charge in [-0.3, -0.25) is 9.59 Å². The Morgan fingerprint density at radius 3 is 2.64 bits per heavy atom. The number of rotatable bonds is 9. The van der Waals surface area contributed by atoms with Gasteiger partial charge in [-0.1, -0.05) is 70.2 Å². The molecule has 0 saturated carbocycles. The number of aromatic nitrogens is 3. The third-order valence-electron chi connectivity index (χ3n) is 12.2. The van der Waals surface area contributed by atoms with Crippen LogP contribution in [0.15, 0.2) is 75.8 Å². The maximum absolute atomic E-state index is 14.3. The third kappa shape index (κ3) is 5.58. The molecule has 304 valence electrons. The SMILES string of the molecule is CCC(O)(CC)C(=O)N[C@H]1Cc2ccc3c(c2)C24c5cccc(c5NC2O3)-c2cccc3c2c(cn3COOP(O)O)-c2cnc(o2)-c2nc(oc24)C(C(C)C)NC1=O. The zero-order chi connectivity index (χ0) is 41.0. The number of para-hydroxylation sites is 1. The highest BCUT2D eigenvalue weighted by Gasteiger charge is 2.61. The molecule has 16 nitrogen and oxygen atoms in total. The molecule has 1 spiro atoms. The minimum Gasteiger partial charge on any atom is -0.469 e. The van der Waals surface area contributed by atoms with E-state index in [2.05, 4.69) is 20.6 Å². The zero-order valence-corrected chi connectivity index (χ0v) is 33.4. The molecule has 3 aromatic carbocycles. The lowest BCUT2D eigenvalue weighted by molar-refractivity contribution is -0.239. The maximum Gasteiger partial charge on any atom is 0.357 e. The Bertz CT molecular complexity index is 2680. The first-order valence-electron chi connectivity index (χ1n) is 19.6. The summed E-state index contributed by atoms with van der Waals surface area (Å²) in [5.41, 5.74) is 3.85. The molecule has 0 fully saturated rings. The van der Waals surface area contributed by atoms with E-state index >= 15 is 0 Å². The van der Waals surface area contributed by atoms with Crippen LogP contribution in [0.25, 0.3) is 44.9 Å². The fourth-order valence-corrected chi connectivity index (χ4v) is 9.26.